The first-order valence-corrected chi connectivity index (χ1v) is 10.0. The van der Waals surface area contributed by atoms with Gasteiger partial charge >= 0.3 is 0 Å². The molecule has 0 saturated carbocycles. The van der Waals surface area contributed by atoms with Gasteiger partial charge in [-0.15, -0.1) is 0 Å². The molecule has 0 bridgehead atoms. The lowest BCUT2D eigenvalue weighted by Gasteiger charge is -2.06. The Balaban J connectivity index is 1.70. The van der Waals surface area contributed by atoms with E-state index in [1.807, 2.05) is 66.1 Å². The van der Waals surface area contributed by atoms with Crippen LogP contribution in [0.15, 0.2) is 77.8 Å². The Morgan fingerprint density at radius 3 is 2.57 bits per heavy atom. The summed E-state index contributed by atoms with van der Waals surface area (Å²) >= 11 is 7.80. The van der Waals surface area contributed by atoms with Gasteiger partial charge in [0.1, 0.15) is 11.5 Å². The van der Waals surface area contributed by atoms with Crippen LogP contribution in [0.1, 0.15) is 17.3 Å². The van der Waals surface area contributed by atoms with Crippen LogP contribution in [0.5, 0.6) is 11.5 Å². The van der Waals surface area contributed by atoms with Gasteiger partial charge in [0.25, 0.3) is 5.91 Å². The number of nitrogens with zero attached hydrogens (tertiary/aromatic N) is 2. The number of hydrogen-bond donors (Lipinski definition) is 0. The molecule has 0 saturated heterocycles. The number of rotatable bonds is 4. The Labute approximate surface area is 171 Å². The Kier molecular flexibility index (Phi) is 5.28. The van der Waals surface area contributed by atoms with E-state index in [-0.39, 0.29) is 5.91 Å². The predicted octanol–water partition coefficient (Wildman–Crippen LogP) is 5.91. The molecule has 0 fully saturated rings. The number of carbonyl (C=O) groups is 1. The molecule has 0 N–H and O–H groups in total. The number of aromatic nitrogens is 1. The standard InChI is InChI=1S/C22H17ClN2O2S/c1-2-25-20-18(23)12-7-13-19(20)28-22(25)24-21(26)15-8-6-11-17(14-15)27-16-9-4-3-5-10-16/h3-14H,2H2,1H3. The normalized spacial score (nSPS) is 11.7. The molecule has 0 aliphatic carbocycles. The molecular formula is C22H17ClN2O2S. The number of carbonyl (C=O) groups excluding carboxylic acids is 1. The molecule has 0 aliphatic heterocycles. The first-order chi connectivity index (χ1) is 13.7. The molecule has 4 aromatic rings. The third-order valence-electron chi connectivity index (χ3n) is 4.23. The van der Waals surface area contributed by atoms with E-state index in [0.29, 0.717) is 33.4 Å². The van der Waals surface area contributed by atoms with Gasteiger partial charge in [-0.05, 0) is 49.4 Å². The summed E-state index contributed by atoms with van der Waals surface area (Å²) in [7, 11) is 0. The maximum Gasteiger partial charge on any atom is 0.279 e. The van der Waals surface area contributed by atoms with E-state index in [1.165, 1.54) is 11.3 Å². The van der Waals surface area contributed by atoms with Crippen molar-refractivity contribution in [1.29, 1.82) is 0 Å². The number of hydrogen-bond acceptors (Lipinski definition) is 3. The van der Waals surface area contributed by atoms with Crippen LogP contribution in [0.2, 0.25) is 5.02 Å². The van der Waals surface area contributed by atoms with Crippen LogP contribution in [0.25, 0.3) is 10.2 Å². The van der Waals surface area contributed by atoms with E-state index in [9.17, 15) is 4.79 Å². The molecule has 0 radical (unpaired) electrons. The molecule has 1 amide bonds. The zero-order valence-electron chi connectivity index (χ0n) is 15.1. The summed E-state index contributed by atoms with van der Waals surface area (Å²) in [5, 5.41) is 0.655. The summed E-state index contributed by atoms with van der Waals surface area (Å²) in [6.45, 7) is 2.68. The van der Waals surface area contributed by atoms with Crippen LogP contribution in [0, 0.1) is 0 Å². The zero-order chi connectivity index (χ0) is 19.5. The van der Waals surface area contributed by atoms with Gasteiger partial charge < -0.3 is 9.30 Å². The summed E-state index contributed by atoms with van der Waals surface area (Å²) in [6, 6.07) is 22.2. The first kappa shape index (κ1) is 18.5. The molecule has 6 heteroatoms. The van der Waals surface area contributed by atoms with Crippen LogP contribution < -0.4 is 9.54 Å². The number of fused-ring (bicyclic) bond motifs is 1. The highest BCUT2D eigenvalue weighted by Crippen LogP contribution is 2.26. The van der Waals surface area contributed by atoms with Gasteiger partial charge in [0.15, 0.2) is 4.80 Å². The quantitative estimate of drug-likeness (QED) is 0.421. The Morgan fingerprint density at radius 1 is 1.04 bits per heavy atom. The number of ether oxygens (including phenoxy) is 1. The van der Waals surface area contributed by atoms with E-state index >= 15 is 0 Å². The molecule has 1 heterocycles. The van der Waals surface area contributed by atoms with Crippen molar-refractivity contribution in [3.05, 3.63) is 88.2 Å². The Morgan fingerprint density at radius 2 is 1.79 bits per heavy atom. The van der Waals surface area contributed by atoms with Crippen molar-refractivity contribution in [3.8, 4) is 11.5 Å². The topological polar surface area (TPSA) is 43.6 Å². The van der Waals surface area contributed by atoms with Crippen molar-refractivity contribution in [2.24, 2.45) is 4.99 Å². The monoisotopic (exact) mass is 408 g/mol. The minimum atomic E-state index is -0.316. The molecule has 0 atom stereocenters. The lowest BCUT2D eigenvalue weighted by Crippen LogP contribution is -2.16. The largest absolute Gasteiger partial charge is 0.457 e. The van der Waals surface area contributed by atoms with E-state index in [2.05, 4.69) is 4.99 Å². The van der Waals surface area contributed by atoms with Gasteiger partial charge in [-0.2, -0.15) is 4.99 Å². The average Bonchev–Trinajstić information content (AvgIpc) is 3.07. The van der Waals surface area contributed by atoms with Crippen molar-refractivity contribution in [2.75, 3.05) is 0 Å². The highest BCUT2D eigenvalue weighted by Gasteiger charge is 2.11. The molecule has 28 heavy (non-hydrogen) atoms. The Hall–Kier alpha value is -2.89. The van der Waals surface area contributed by atoms with Crippen LogP contribution in [0.4, 0.5) is 0 Å². The van der Waals surface area contributed by atoms with Crippen molar-refractivity contribution >= 4 is 39.1 Å². The molecule has 1 aromatic heterocycles. The smallest absolute Gasteiger partial charge is 0.279 e. The number of aryl methyl sites for hydroxylation is 1. The van der Waals surface area contributed by atoms with Crippen molar-refractivity contribution in [1.82, 2.24) is 4.57 Å². The minimum absolute atomic E-state index is 0.316. The maximum atomic E-state index is 12.8. The van der Waals surface area contributed by atoms with E-state index in [1.54, 1.807) is 18.2 Å². The van der Waals surface area contributed by atoms with Gasteiger partial charge in [-0.3, -0.25) is 4.79 Å². The molecule has 3 aromatic carbocycles. The summed E-state index contributed by atoms with van der Waals surface area (Å²) in [6.07, 6.45) is 0. The van der Waals surface area contributed by atoms with E-state index < -0.39 is 0 Å². The summed E-state index contributed by atoms with van der Waals surface area (Å²) in [4.78, 5) is 17.8. The highest BCUT2D eigenvalue weighted by molar-refractivity contribution is 7.16. The van der Waals surface area contributed by atoms with E-state index in [0.717, 1.165) is 10.2 Å². The first-order valence-electron chi connectivity index (χ1n) is 8.85. The number of amides is 1. The molecule has 0 unspecified atom stereocenters. The fourth-order valence-corrected chi connectivity index (χ4v) is 4.39. The Bertz CT molecular complexity index is 1210. The molecule has 140 valence electrons. The summed E-state index contributed by atoms with van der Waals surface area (Å²) in [5.74, 6) is 0.991. The lowest BCUT2D eigenvalue weighted by atomic mass is 10.2. The van der Waals surface area contributed by atoms with Crippen molar-refractivity contribution in [3.63, 3.8) is 0 Å². The second-order valence-electron chi connectivity index (χ2n) is 6.08. The van der Waals surface area contributed by atoms with Gasteiger partial charge in [-0.25, -0.2) is 0 Å². The van der Waals surface area contributed by atoms with Crippen molar-refractivity contribution in [2.45, 2.75) is 13.5 Å². The summed E-state index contributed by atoms with van der Waals surface area (Å²) < 4.78 is 8.78. The van der Waals surface area contributed by atoms with Crippen molar-refractivity contribution < 1.29 is 9.53 Å². The van der Waals surface area contributed by atoms with Gasteiger partial charge in [-0.1, -0.05) is 53.3 Å². The van der Waals surface area contributed by atoms with Crippen LogP contribution >= 0.6 is 22.9 Å². The van der Waals surface area contributed by atoms with Gasteiger partial charge in [0, 0.05) is 12.1 Å². The molecule has 4 nitrogen and oxygen atoms in total. The fourth-order valence-electron chi connectivity index (χ4n) is 2.93. The molecular weight excluding hydrogens is 392 g/mol. The molecule has 0 spiro atoms. The highest BCUT2D eigenvalue weighted by atomic mass is 35.5. The van der Waals surface area contributed by atoms with E-state index in [4.69, 9.17) is 16.3 Å². The lowest BCUT2D eigenvalue weighted by molar-refractivity contribution is 0.0997. The predicted molar refractivity (Wildman–Crippen MR) is 113 cm³/mol. The van der Waals surface area contributed by atoms with Crippen LogP contribution in [0.3, 0.4) is 0 Å². The molecule has 4 rings (SSSR count). The van der Waals surface area contributed by atoms with Crippen LogP contribution in [-0.4, -0.2) is 10.5 Å². The second kappa shape index (κ2) is 8.00. The SMILES string of the molecule is CCn1c(=NC(=O)c2cccc(Oc3ccccc3)c2)sc2cccc(Cl)c21. The number of thiazole rings is 1. The number of para-hydroxylation sites is 2. The fraction of sp³-hybridized carbons (Fsp3) is 0.0909. The number of benzene rings is 3. The number of halogens is 1. The van der Waals surface area contributed by atoms with Gasteiger partial charge in [0.2, 0.25) is 0 Å². The summed E-state index contributed by atoms with van der Waals surface area (Å²) in [5.41, 5.74) is 1.38. The average molecular weight is 409 g/mol. The van der Waals surface area contributed by atoms with Gasteiger partial charge in [0.05, 0.1) is 15.2 Å². The third kappa shape index (κ3) is 3.72. The molecule has 0 aliphatic rings. The zero-order valence-corrected chi connectivity index (χ0v) is 16.7. The minimum Gasteiger partial charge on any atom is -0.457 e. The third-order valence-corrected chi connectivity index (χ3v) is 5.57. The van der Waals surface area contributed by atoms with Crippen LogP contribution in [-0.2, 0) is 6.54 Å². The maximum absolute atomic E-state index is 12.8. The second-order valence-corrected chi connectivity index (χ2v) is 7.49.